The SMILES string of the molecule is CC1(C)c2ccccc2-c2ccc(-c3ccc4c(-c5ccc6c7c(cccc57)-c5ccccc5-6)c5cc6c(cc5c(-c5ccc7c8c(cccc58)-c5ccccc5-7)c4c3)[Si](C)(C)c3ccccc3-6)cc21.C[Si]1(C)c2ccccc2-c2cc3c(-c4ccc5c6c(cccc46)-c4ccccc4-5)c4ccc(-c5ccc(-c6ccccc6)cc5)cc4c(-c4ccc5c6c(cccc46)-c4ccccc4-5)c3cc21. The Bertz CT molecular complexity index is 9550. The lowest BCUT2D eigenvalue weighted by atomic mass is 9.80. The summed E-state index contributed by atoms with van der Waals surface area (Å²) >= 11 is 0. The molecule has 2 heterocycles. The van der Waals surface area contributed by atoms with Gasteiger partial charge in [-0.3, -0.25) is 0 Å². The third kappa shape index (κ3) is 10.5. The number of hydrogen-bond acceptors (Lipinski definition) is 0. The van der Waals surface area contributed by atoms with E-state index in [1.54, 1.807) is 0 Å². The molecule has 0 amide bonds. The molecule has 137 heavy (non-hydrogen) atoms. The molecular formula is C135H88Si2. The molecule has 7 aliphatic rings. The standard InChI is InChI=1S/C69H46Si.C66H42Si/c1-69(2)61-25-11-9-19-45(61)46-29-27-40(36-62(46)69)39-28-30-56-58(35-39)68(55-34-32-53-44-18-8-6-16-42(44)49-22-14-24-51(55)66(49)53)60-38-64-57(47-20-10-12-26-63(47)70(64,3)4)37-59(60)67(56)54-33-31-52-43-17-7-5-15-41(43)48-21-13-23-50(54)65(48)52;1-67(2)61-25-11-10-20-47(61)57-37-59-60(38-62(57)67)66(55-35-33-53-46-19-9-7-17-44(46)49-22-13-24-51(55)64(49)53)58-36-42(41-28-26-40(27-29-41)39-14-4-3-5-15-39)30-31-56(58)65(59)54-34-32-52-45-18-8-6-16-43(45)48-21-12-23-50(54)63(48)52/h5-38H,1-4H3;3-38H,1-2H3. The highest BCUT2D eigenvalue weighted by molar-refractivity contribution is 7.04. The van der Waals surface area contributed by atoms with Gasteiger partial charge in [-0.15, -0.1) is 0 Å². The Morgan fingerprint density at radius 1 is 0.139 bits per heavy atom. The molecule has 0 atom stereocenters. The van der Waals surface area contributed by atoms with Crippen molar-refractivity contribution < 1.29 is 0 Å². The van der Waals surface area contributed by atoms with Crippen LogP contribution >= 0.6 is 0 Å². The van der Waals surface area contributed by atoms with Crippen molar-refractivity contribution >= 4 is 123 Å². The Hall–Kier alpha value is -16.2. The molecule has 0 nitrogen and oxygen atoms in total. The molecule has 24 aromatic carbocycles. The maximum absolute atomic E-state index is 2.67. The molecular weight excluding hydrogens is 1680 g/mol. The van der Waals surface area contributed by atoms with Gasteiger partial charge in [0.1, 0.15) is 16.1 Å². The summed E-state index contributed by atoms with van der Waals surface area (Å²) in [4.78, 5) is 0. The van der Waals surface area contributed by atoms with Gasteiger partial charge in [-0.05, 0) is 349 Å². The summed E-state index contributed by atoms with van der Waals surface area (Å²) in [5.41, 5.74) is 50.1. The zero-order valence-corrected chi connectivity index (χ0v) is 78.9. The summed E-state index contributed by atoms with van der Waals surface area (Å²) < 4.78 is 0. The van der Waals surface area contributed by atoms with Gasteiger partial charge in [-0.1, -0.05) is 434 Å². The Kier molecular flexibility index (Phi) is 15.8. The van der Waals surface area contributed by atoms with Gasteiger partial charge in [0.15, 0.2) is 0 Å². The average Bonchev–Trinajstić information content (AvgIpc) is 1.61. The van der Waals surface area contributed by atoms with E-state index in [-0.39, 0.29) is 5.41 Å². The summed E-state index contributed by atoms with van der Waals surface area (Å²) in [6.07, 6.45) is 0. The lowest BCUT2D eigenvalue weighted by Gasteiger charge is -2.24. The second-order valence-electron chi connectivity index (χ2n) is 40.9. The van der Waals surface area contributed by atoms with Crippen LogP contribution in [-0.2, 0) is 5.41 Å². The van der Waals surface area contributed by atoms with E-state index in [4.69, 9.17) is 0 Å². The van der Waals surface area contributed by atoms with Crippen molar-refractivity contribution in [2.24, 2.45) is 0 Å². The summed E-state index contributed by atoms with van der Waals surface area (Å²) in [5.74, 6) is 0. The molecule has 636 valence electrons. The predicted molar refractivity (Wildman–Crippen MR) is 591 cm³/mol. The first-order valence-electron chi connectivity index (χ1n) is 48.7. The quantitative estimate of drug-likeness (QED) is 0.110. The molecule has 31 rings (SSSR count). The van der Waals surface area contributed by atoms with E-state index in [2.05, 4.69) is 465 Å². The largest absolute Gasteiger partial charge is 0.113 e. The average molecular weight is 1770 g/mol. The number of fused-ring (bicyclic) bond motifs is 25. The second-order valence-corrected chi connectivity index (χ2v) is 49.5. The van der Waals surface area contributed by atoms with E-state index < -0.39 is 16.1 Å². The minimum absolute atomic E-state index is 0.0976. The fourth-order valence-corrected chi connectivity index (χ4v) is 33.0. The Morgan fingerprint density at radius 3 is 0.774 bits per heavy atom. The highest BCUT2D eigenvalue weighted by atomic mass is 28.3. The molecule has 0 radical (unpaired) electrons. The van der Waals surface area contributed by atoms with Crippen LogP contribution in [0.15, 0.2) is 425 Å². The minimum Gasteiger partial charge on any atom is -0.0623 e. The van der Waals surface area contributed by atoms with Crippen LogP contribution in [0.2, 0.25) is 26.2 Å². The van der Waals surface area contributed by atoms with Crippen molar-refractivity contribution in [2.45, 2.75) is 45.5 Å². The number of benzene rings is 24. The van der Waals surface area contributed by atoms with Crippen LogP contribution in [0, 0.1) is 0 Å². The maximum atomic E-state index is 2.67. The number of hydrogen-bond donors (Lipinski definition) is 0. The lowest BCUT2D eigenvalue weighted by molar-refractivity contribution is 0.660. The topological polar surface area (TPSA) is 0 Å². The van der Waals surface area contributed by atoms with Crippen LogP contribution in [0.3, 0.4) is 0 Å². The first-order valence-corrected chi connectivity index (χ1v) is 54.7. The highest BCUT2D eigenvalue weighted by Crippen LogP contribution is 2.61. The predicted octanol–water partition coefficient (Wildman–Crippen LogP) is 34.8. The molecule has 0 spiro atoms. The maximum Gasteiger partial charge on any atom is 0.113 e. The van der Waals surface area contributed by atoms with Crippen LogP contribution in [0.1, 0.15) is 25.0 Å². The van der Waals surface area contributed by atoms with E-state index in [0.717, 1.165) is 0 Å². The van der Waals surface area contributed by atoms with Gasteiger partial charge in [0.05, 0.1) is 0 Å². The van der Waals surface area contributed by atoms with E-state index in [9.17, 15) is 0 Å². The molecule has 2 aliphatic heterocycles. The minimum atomic E-state index is -2.09. The van der Waals surface area contributed by atoms with Crippen LogP contribution in [-0.4, -0.2) is 16.1 Å². The fraction of sp³-hybridized carbons (Fsp3) is 0.0519. The van der Waals surface area contributed by atoms with Crippen molar-refractivity contribution in [2.75, 3.05) is 0 Å². The van der Waals surface area contributed by atoms with E-state index in [0.29, 0.717) is 0 Å². The first kappa shape index (κ1) is 77.3. The lowest BCUT2D eigenvalue weighted by Crippen LogP contribution is -2.49. The Labute approximate surface area is 798 Å². The zero-order valence-electron chi connectivity index (χ0n) is 76.9. The Balaban J connectivity index is 0.000000130. The molecule has 0 aromatic heterocycles. The van der Waals surface area contributed by atoms with Crippen LogP contribution in [0.5, 0.6) is 0 Å². The van der Waals surface area contributed by atoms with Crippen molar-refractivity contribution in [3.63, 3.8) is 0 Å². The molecule has 0 bridgehead atoms. The summed E-state index contributed by atoms with van der Waals surface area (Å²) in [7, 11) is -4.17. The zero-order chi connectivity index (χ0) is 90.5. The normalized spacial score (nSPS) is 13.9. The summed E-state index contributed by atoms with van der Waals surface area (Å²) in [5, 5.41) is 27.2. The Morgan fingerprint density at radius 2 is 0.387 bits per heavy atom. The van der Waals surface area contributed by atoms with Crippen molar-refractivity contribution in [3.05, 3.63) is 436 Å². The van der Waals surface area contributed by atoms with Gasteiger partial charge >= 0.3 is 0 Å². The van der Waals surface area contributed by atoms with Crippen LogP contribution in [0.25, 0.3) is 286 Å². The van der Waals surface area contributed by atoms with Crippen molar-refractivity contribution in [1.82, 2.24) is 0 Å². The smallest absolute Gasteiger partial charge is 0.0623 e. The molecule has 2 heteroatoms. The third-order valence-corrected chi connectivity index (χ3v) is 40.2. The molecule has 0 saturated carbocycles. The third-order valence-electron chi connectivity index (χ3n) is 33.1. The van der Waals surface area contributed by atoms with Gasteiger partial charge in [-0.2, -0.15) is 0 Å². The highest BCUT2D eigenvalue weighted by Gasteiger charge is 2.43. The van der Waals surface area contributed by atoms with Gasteiger partial charge < -0.3 is 0 Å². The molecule has 0 saturated heterocycles. The van der Waals surface area contributed by atoms with Crippen molar-refractivity contribution in [3.8, 4) is 200 Å². The summed E-state index contributed by atoms with van der Waals surface area (Å²) in [6.45, 7) is 15.0. The molecule has 24 aromatic rings. The molecule has 0 N–H and O–H groups in total. The van der Waals surface area contributed by atoms with Gasteiger partial charge in [0.2, 0.25) is 0 Å². The van der Waals surface area contributed by atoms with Gasteiger partial charge in [-0.25, -0.2) is 0 Å². The van der Waals surface area contributed by atoms with Crippen LogP contribution < -0.4 is 20.7 Å². The number of rotatable bonds is 7. The van der Waals surface area contributed by atoms with E-state index in [1.165, 1.54) is 318 Å². The monoisotopic (exact) mass is 1760 g/mol. The second kappa shape index (κ2) is 28.0. The van der Waals surface area contributed by atoms with Crippen molar-refractivity contribution in [1.29, 1.82) is 0 Å². The molecule has 0 fully saturated rings. The van der Waals surface area contributed by atoms with Crippen LogP contribution in [0.4, 0.5) is 0 Å². The van der Waals surface area contributed by atoms with E-state index in [1.807, 2.05) is 0 Å². The van der Waals surface area contributed by atoms with Gasteiger partial charge in [0.25, 0.3) is 0 Å². The molecule has 5 aliphatic carbocycles. The first-order chi connectivity index (χ1) is 67.3. The van der Waals surface area contributed by atoms with Gasteiger partial charge in [0, 0.05) is 5.41 Å². The fourth-order valence-electron chi connectivity index (χ4n) is 26.8. The molecule has 0 unspecified atom stereocenters. The van der Waals surface area contributed by atoms with E-state index >= 15 is 0 Å². The summed E-state index contributed by atoms with van der Waals surface area (Å²) in [6, 6.07) is 163.